The normalized spacial score (nSPS) is 27.6. The number of rotatable bonds is 3. The summed E-state index contributed by atoms with van der Waals surface area (Å²) >= 11 is 0. The second-order valence-electron chi connectivity index (χ2n) is 7.10. The molecule has 0 aliphatic carbocycles. The maximum atomic E-state index is 12.4. The number of halogens is 3. The van der Waals surface area contributed by atoms with E-state index < -0.39 is 30.4 Å². The third-order valence-electron chi connectivity index (χ3n) is 5.24. The minimum atomic E-state index is -4.19. The van der Waals surface area contributed by atoms with Crippen LogP contribution in [0.3, 0.4) is 0 Å². The zero-order chi connectivity index (χ0) is 18.1. The van der Waals surface area contributed by atoms with Crippen LogP contribution in [0.4, 0.5) is 13.2 Å². The number of piperidine rings is 1. The number of nitrogens with zero attached hydrogens (tertiary/aromatic N) is 1. The molecule has 25 heavy (non-hydrogen) atoms. The minimum absolute atomic E-state index is 0.265. The fourth-order valence-corrected chi connectivity index (χ4v) is 3.76. The molecule has 7 heteroatoms. The third kappa shape index (κ3) is 4.53. The molecule has 2 aliphatic rings. The lowest BCUT2D eigenvalue weighted by molar-refractivity contribution is -0.214. The fraction of sp³-hybridized carbons (Fsp3) is 0.667. The first-order chi connectivity index (χ1) is 11.8. The van der Waals surface area contributed by atoms with Crippen LogP contribution in [0.25, 0.3) is 0 Å². The molecule has 3 rings (SSSR count). The van der Waals surface area contributed by atoms with Crippen molar-refractivity contribution < 1.29 is 28.1 Å². The quantitative estimate of drug-likeness (QED) is 0.869. The van der Waals surface area contributed by atoms with Crippen molar-refractivity contribution in [1.82, 2.24) is 4.90 Å². The lowest BCUT2D eigenvalue weighted by Gasteiger charge is -2.48. The average molecular weight is 359 g/mol. The third-order valence-corrected chi connectivity index (χ3v) is 5.24. The summed E-state index contributed by atoms with van der Waals surface area (Å²) in [5, 5.41) is 20.1. The summed E-state index contributed by atoms with van der Waals surface area (Å²) < 4.78 is 43.0. The van der Waals surface area contributed by atoms with Gasteiger partial charge in [-0.1, -0.05) is 24.3 Å². The molecule has 2 saturated heterocycles. The lowest BCUT2D eigenvalue weighted by atomic mass is 9.80. The number of aliphatic hydroxyl groups excluding tert-OH is 2. The van der Waals surface area contributed by atoms with Crippen molar-refractivity contribution in [2.45, 2.75) is 56.2 Å². The highest BCUT2D eigenvalue weighted by molar-refractivity contribution is 5.23. The van der Waals surface area contributed by atoms with Crippen LogP contribution in [0.2, 0.25) is 0 Å². The first-order valence-corrected chi connectivity index (χ1v) is 8.64. The summed E-state index contributed by atoms with van der Waals surface area (Å²) in [4.78, 5) is 2.20. The Morgan fingerprint density at radius 3 is 2.28 bits per heavy atom. The van der Waals surface area contributed by atoms with E-state index in [0.29, 0.717) is 45.5 Å². The Kier molecular flexibility index (Phi) is 5.39. The van der Waals surface area contributed by atoms with Crippen molar-refractivity contribution in [3.63, 3.8) is 0 Å². The van der Waals surface area contributed by atoms with E-state index in [9.17, 15) is 23.4 Å². The highest BCUT2D eigenvalue weighted by atomic mass is 19.4. The average Bonchev–Trinajstić information content (AvgIpc) is 2.55. The van der Waals surface area contributed by atoms with Crippen molar-refractivity contribution in [3.05, 3.63) is 35.4 Å². The molecular weight excluding hydrogens is 335 g/mol. The Labute approximate surface area is 145 Å². The second kappa shape index (κ2) is 7.23. The number of ether oxygens (including phenoxy) is 1. The predicted octanol–water partition coefficient (Wildman–Crippen LogP) is 2.27. The number of aliphatic hydroxyl groups is 2. The Balaban J connectivity index is 1.54. The standard InChI is InChI=1S/C18H24F3NO3/c19-18(20,21)11-13-1-3-14(4-2-13)12-22-8-6-17(7-9-22)16(24)15(23)5-10-25-17/h1-4,15-16,23-24H,5-12H2/t15-,16-/m0/s1. The summed E-state index contributed by atoms with van der Waals surface area (Å²) in [5.41, 5.74) is 0.568. The largest absolute Gasteiger partial charge is 0.393 e. The van der Waals surface area contributed by atoms with Crippen molar-refractivity contribution in [3.8, 4) is 0 Å². The van der Waals surface area contributed by atoms with Crippen LogP contribution >= 0.6 is 0 Å². The predicted molar refractivity (Wildman–Crippen MR) is 86.0 cm³/mol. The van der Waals surface area contributed by atoms with E-state index in [4.69, 9.17) is 4.74 Å². The van der Waals surface area contributed by atoms with Gasteiger partial charge in [-0.25, -0.2) is 0 Å². The van der Waals surface area contributed by atoms with Gasteiger partial charge in [-0.2, -0.15) is 13.2 Å². The van der Waals surface area contributed by atoms with Crippen LogP contribution in [-0.2, 0) is 17.7 Å². The van der Waals surface area contributed by atoms with Gasteiger partial charge in [0.15, 0.2) is 0 Å². The number of hydrogen-bond donors (Lipinski definition) is 2. The second-order valence-corrected chi connectivity index (χ2v) is 7.10. The van der Waals surface area contributed by atoms with E-state index >= 15 is 0 Å². The van der Waals surface area contributed by atoms with Gasteiger partial charge in [-0.15, -0.1) is 0 Å². The summed E-state index contributed by atoms with van der Waals surface area (Å²) in [6.45, 7) is 2.54. The first-order valence-electron chi connectivity index (χ1n) is 8.64. The number of alkyl halides is 3. The zero-order valence-corrected chi connectivity index (χ0v) is 14.0. The van der Waals surface area contributed by atoms with Crippen molar-refractivity contribution in [2.75, 3.05) is 19.7 Å². The molecule has 2 atom stereocenters. The molecular formula is C18H24F3NO3. The van der Waals surface area contributed by atoms with Gasteiger partial charge in [0.2, 0.25) is 0 Å². The Bertz CT molecular complexity index is 568. The minimum Gasteiger partial charge on any atom is -0.390 e. The molecule has 1 aromatic carbocycles. The Morgan fingerprint density at radius 1 is 1.08 bits per heavy atom. The molecule has 2 heterocycles. The molecule has 0 unspecified atom stereocenters. The van der Waals surface area contributed by atoms with Gasteiger partial charge in [-0.05, 0) is 30.4 Å². The molecule has 4 nitrogen and oxygen atoms in total. The van der Waals surface area contributed by atoms with E-state index in [-0.39, 0.29) is 5.56 Å². The molecule has 140 valence electrons. The number of likely N-dealkylation sites (tertiary alicyclic amines) is 1. The smallest absolute Gasteiger partial charge is 0.390 e. The van der Waals surface area contributed by atoms with Gasteiger partial charge in [0.25, 0.3) is 0 Å². The molecule has 1 aromatic rings. The Hall–Kier alpha value is -1.15. The SMILES string of the molecule is O[C@H]1CCOC2(CCN(Cc3ccc(CC(F)(F)F)cc3)CC2)[C@H]1O. The highest BCUT2D eigenvalue weighted by Gasteiger charge is 2.47. The van der Waals surface area contributed by atoms with E-state index in [1.54, 1.807) is 12.1 Å². The zero-order valence-electron chi connectivity index (χ0n) is 14.0. The van der Waals surface area contributed by atoms with Gasteiger partial charge in [-0.3, -0.25) is 4.90 Å². The van der Waals surface area contributed by atoms with Crippen LogP contribution < -0.4 is 0 Å². The van der Waals surface area contributed by atoms with Crippen LogP contribution in [0.1, 0.15) is 30.4 Å². The maximum absolute atomic E-state index is 12.4. The van der Waals surface area contributed by atoms with Gasteiger partial charge < -0.3 is 14.9 Å². The number of hydrogen-bond acceptors (Lipinski definition) is 4. The highest BCUT2D eigenvalue weighted by Crippen LogP contribution is 2.35. The monoisotopic (exact) mass is 359 g/mol. The van der Waals surface area contributed by atoms with E-state index in [1.165, 1.54) is 12.1 Å². The summed E-state index contributed by atoms with van der Waals surface area (Å²) in [6, 6.07) is 6.53. The van der Waals surface area contributed by atoms with Crippen LogP contribution in [0.15, 0.2) is 24.3 Å². The first kappa shape index (κ1) is 18.6. The molecule has 2 aliphatic heterocycles. The van der Waals surface area contributed by atoms with Crippen molar-refractivity contribution >= 4 is 0 Å². The maximum Gasteiger partial charge on any atom is 0.393 e. The van der Waals surface area contributed by atoms with Crippen LogP contribution in [-0.4, -0.2) is 58.8 Å². The molecule has 0 amide bonds. The van der Waals surface area contributed by atoms with Gasteiger partial charge >= 0.3 is 6.18 Å². The summed E-state index contributed by atoms with van der Waals surface area (Å²) in [5.74, 6) is 0. The molecule has 0 bridgehead atoms. The van der Waals surface area contributed by atoms with Crippen LogP contribution in [0, 0.1) is 0 Å². The lowest BCUT2D eigenvalue weighted by Crippen LogP contribution is -2.59. The molecule has 0 saturated carbocycles. The van der Waals surface area contributed by atoms with Crippen molar-refractivity contribution in [1.29, 1.82) is 0 Å². The van der Waals surface area contributed by atoms with Gasteiger partial charge in [0.05, 0.1) is 24.7 Å². The van der Waals surface area contributed by atoms with Crippen LogP contribution in [0.5, 0.6) is 0 Å². The number of benzene rings is 1. The molecule has 1 spiro atoms. The summed E-state index contributed by atoms with van der Waals surface area (Å²) in [6.07, 6.45) is -4.96. The molecule has 0 radical (unpaired) electrons. The van der Waals surface area contributed by atoms with Gasteiger partial charge in [0, 0.05) is 19.6 Å². The molecule has 0 aromatic heterocycles. The van der Waals surface area contributed by atoms with E-state index in [1.807, 2.05) is 0 Å². The fourth-order valence-electron chi connectivity index (χ4n) is 3.76. The van der Waals surface area contributed by atoms with E-state index in [2.05, 4.69) is 4.90 Å². The summed E-state index contributed by atoms with van der Waals surface area (Å²) in [7, 11) is 0. The molecule has 2 N–H and O–H groups in total. The topological polar surface area (TPSA) is 52.9 Å². The Morgan fingerprint density at radius 2 is 1.68 bits per heavy atom. The van der Waals surface area contributed by atoms with Gasteiger partial charge in [0.1, 0.15) is 6.10 Å². The van der Waals surface area contributed by atoms with E-state index in [0.717, 1.165) is 5.56 Å². The molecule has 2 fully saturated rings. The van der Waals surface area contributed by atoms with Crippen molar-refractivity contribution in [2.24, 2.45) is 0 Å².